The maximum atomic E-state index is 6.23. The number of hydrogen-bond acceptors (Lipinski definition) is 2. The number of rotatable bonds is 9. The first kappa shape index (κ1) is 18.4. The number of benzene rings is 3. The highest BCUT2D eigenvalue weighted by Gasteiger charge is 2.16. The molecule has 0 aliphatic carbocycles. The minimum absolute atomic E-state index is 0.0628. The van der Waals surface area contributed by atoms with Gasteiger partial charge in [0.15, 0.2) is 0 Å². The van der Waals surface area contributed by atoms with Crippen LogP contribution in [0, 0.1) is 0 Å². The van der Waals surface area contributed by atoms with Crippen molar-refractivity contribution < 1.29 is 9.47 Å². The summed E-state index contributed by atoms with van der Waals surface area (Å²) in [4.78, 5) is 0. The van der Waals surface area contributed by atoms with Crippen molar-refractivity contribution in [2.24, 2.45) is 0 Å². The van der Waals surface area contributed by atoms with Gasteiger partial charge in [-0.3, -0.25) is 0 Å². The molecule has 2 nitrogen and oxygen atoms in total. The average molecular weight is 346 g/mol. The van der Waals surface area contributed by atoms with E-state index in [0.29, 0.717) is 13.2 Å². The maximum Gasteiger partial charge on any atom is 0.106 e. The lowest BCUT2D eigenvalue weighted by molar-refractivity contribution is -0.00386. The van der Waals surface area contributed by atoms with Crippen molar-refractivity contribution in [2.45, 2.75) is 18.9 Å². The van der Waals surface area contributed by atoms with Gasteiger partial charge < -0.3 is 9.47 Å². The van der Waals surface area contributed by atoms with Gasteiger partial charge in [0, 0.05) is 13.7 Å². The van der Waals surface area contributed by atoms with Gasteiger partial charge in [-0.25, -0.2) is 0 Å². The lowest BCUT2D eigenvalue weighted by Gasteiger charge is -2.21. The quantitative estimate of drug-likeness (QED) is 0.463. The van der Waals surface area contributed by atoms with Gasteiger partial charge >= 0.3 is 0 Å². The van der Waals surface area contributed by atoms with Crippen molar-refractivity contribution in [2.75, 3.05) is 20.3 Å². The summed E-state index contributed by atoms with van der Waals surface area (Å²) >= 11 is 0. The molecule has 3 aromatic rings. The van der Waals surface area contributed by atoms with E-state index in [2.05, 4.69) is 78.9 Å². The van der Waals surface area contributed by atoms with Crippen molar-refractivity contribution in [3.63, 3.8) is 0 Å². The Labute approximate surface area is 156 Å². The van der Waals surface area contributed by atoms with E-state index in [1.54, 1.807) is 7.11 Å². The van der Waals surface area contributed by atoms with Crippen LogP contribution in [0.25, 0.3) is 11.1 Å². The zero-order valence-corrected chi connectivity index (χ0v) is 15.3. The Bertz CT molecular complexity index is 768. The molecule has 0 spiro atoms. The fourth-order valence-electron chi connectivity index (χ4n) is 3.18. The van der Waals surface area contributed by atoms with Crippen molar-refractivity contribution in [3.05, 3.63) is 96.1 Å². The van der Waals surface area contributed by atoms with Crippen LogP contribution in [0.2, 0.25) is 0 Å². The van der Waals surface area contributed by atoms with Gasteiger partial charge in [-0.15, -0.1) is 0 Å². The van der Waals surface area contributed by atoms with Crippen molar-refractivity contribution >= 4 is 0 Å². The third kappa shape index (κ3) is 5.04. The van der Waals surface area contributed by atoms with Crippen LogP contribution in [0.5, 0.6) is 0 Å². The number of methoxy groups -OCH3 is 1. The van der Waals surface area contributed by atoms with E-state index in [1.165, 1.54) is 22.3 Å². The first-order chi connectivity index (χ1) is 12.9. The highest BCUT2D eigenvalue weighted by atomic mass is 16.5. The number of hydrogen-bond donors (Lipinski definition) is 0. The van der Waals surface area contributed by atoms with Crippen LogP contribution in [-0.2, 0) is 15.9 Å². The molecule has 0 heterocycles. The van der Waals surface area contributed by atoms with E-state index in [-0.39, 0.29) is 6.10 Å². The van der Waals surface area contributed by atoms with Crippen LogP contribution in [-0.4, -0.2) is 20.3 Å². The summed E-state index contributed by atoms with van der Waals surface area (Å²) in [5.41, 5.74) is 4.94. The zero-order chi connectivity index (χ0) is 18.0. The molecule has 1 unspecified atom stereocenters. The largest absolute Gasteiger partial charge is 0.382 e. The van der Waals surface area contributed by atoms with Crippen LogP contribution < -0.4 is 0 Å². The maximum absolute atomic E-state index is 6.23. The van der Waals surface area contributed by atoms with Crippen LogP contribution in [0.3, 0.4) is 0 Å². The highest BCUT2D eigenvalue weighted by molar-refractivity contribution is 5.67. The number of ether oxygens (including phenoxy) is 2. The van der Waals surface area contributed by atoms with E-state index in [0.717, 1.165) is 12.8 Å². The smallest absolute Gasteiger partial charge is 0.106 e. The second-order valence-corrected chi connectivity index (χ2v) is 6.36. The molecule has 0 aliphatic heterocycles. The zero-order valence-electron chi connectivity index (χ0n) is 15.3. The summed E-state index contributed by atoms with van der Waals surface area (Å²) in [6.07, 6.45) is 1.96. The van der Waals surface area contributed by atoms with Crippen molar-refractivity contribution in [1.82, 2.24) is 0 Å². The molecule has 3 aromatic carbocycles. The monoisotopic (exact) mass is 346 g/mol. The van der Waals surface area contributed by atoms with Crippen LogP contribution in [0.1, 0.15) is 23.7 Å². The first-order valence-corrected chi connectivity index (χ1v) is 9.17. The normalized spacial score (nSPS) is 12.0. The molecule has 0 saturated carbocycles. The van der Waals surface area contributed by atoms with Gasteiger partial charge in [0.1, 0.15) is 6.10 Å². The van der Waals surface area contributed by atoms with Gasteiger partial charge in [-0.05, 0) is 35.1 Å². The minimum Gasteiger partial charge on any atom is -0.382 e. The Balaban J connectivity index is 1.68. The predicted octanol–water partition coefficient (Wildman–Crippen LogP) is 5.69. The molecule has 26 heavy (non-hydrogen) atoms. The second kappa shape index (κ2) is 9.91. The Kier molecular flexibility index (Phi) is 7.00. The van der Waals surface area contributed by atoms with E-state index in [1.807, 2.05) is 6.07 Å². The molecule has 1 atom stereocenters. The molecule has 0 radical (unpaired) electrons. The SMILES string of the molecule is COCC(OCCCc1ccccc1)c1ccccc1-c1ccccc1. The predicted molar refractivity (Wildman–Crippen MR) is 107 cm³/mol. The van der Waals surface area contributed by atoms with Crippen LogP contribution in [0.4, 0.5) is 0 Å². The van der Waals surface area contributed by atoms with Gasteiger partial charge in [-0.2, -0.15) is 0 Å². The summed E-state index contributed by atoms with van der Waals surface area (Å²) in [7, 11) is 1.73. The van der Waals surface area contributed by atoms with Gasteiger partial charge in [0.05, 0.1) is 6.61 Å². The van der Waals surface area contributed by atoms with Crippen molar-refractivity contribution in [3.8, 4) is 11.1 Å². The third-order valence-corrected chi connectivity index (χ3v) is 4.48. The van der Waals surface area contributed by atoms with Crippen LogP contribution >= 0.6 is 0 Å². The van der Waals surface area contributed by atoms with E-state index in [4.69, 9.17) is 9.47 Å². The molecule has 0 aliphatic rings. The summed E-state index contributed by atoms with van der Waals surface area (Å²) in [5, 5.41) is 0. The molecule has 3 rings (SSSR count). The van der Waals surface area contributed by atoms with E-state index < -0.39 is 0 Å². The standard InChI is InChI=1S/C24H26O2/c1-25-19-24(26-18-10-13-20-11-4-2-5-12-20)23-17-9-8-16-22(23)21-14-6-3-7-15-21/h2-9,11-12,14-17,24H,10,13,18-19H2,1H3. The van der Waals surface area contributed by atoms with Crippen LogP contribution in [0.15, 0.2) is 84.9 Å². The molecule has 0 saturated heterocycles. The first-order valence-electron chi connectivity index (χ1n) is 9.17. The summed E-state index contributed by atoms with van der Waals surface area (Å²) in [6, 6.07) is 29.4. The molecule has 134 valence electrons. The Morgan fingerprint density at radius 2 is 1.42 bits per heavy atom. The lowest BCUT2D eigenvalue weighted by atomic mass is 9.96. The lowest BCUT2D eigenvalue weighted by Crippen LogP contribution is -2.13. The van der Waals surface area contributed by atoms with Gasteiger partial charge in [-0.1, -0.05) is 84.9 Å². The molecular formula is C24H26O2. The molecular weight excluding hydrogens is 320 g/mol. The van der Waals surface area contributed by atoms with Gasteiger partial charge in [0.25, 0.3) is 0 Å². The van der Waals surface area contributed by atoms with E-state index >= 15 is 0 Å². The Morgan fingerprint density at radius 1 is 0.769 bits per heavy atom. The summed E-state index contributed by atoms with van der Waals surface area (Å²) < 4.78 is 11.7. The second-order valence-electron chi connectivity index (χ2n) is 6.36. The highest BCUT2D eigenvalue weighted by Crippen LogP contribution is 2.30. The van der Waals surface area contributed by atoms with E-state index in [9.17, 15) is 0 Å². The molecule has 0 fully saturated rings. The number of aryl methyl sites for hydroxylation is 1. The average Bonchev–Trinajstić information content (AvgIpc) is 2.72. The fourth-order valence-corrected chi connectivity index (χ4v) is 3.18. The third-order valence-electron chi connectivity index (χ3n) is 4.48. The molecule has 0 amide bonds. The molecule has 0 bridgehead atoms. The molecule has 0 N–H and O–H groups in total. The molecule has 2 heteroatoms. The Morgan fingerprint density at radius 3 is 2.15 bits per heavy atom. The fraction of sp³-hybridized carbons (Fsp3) is 0.250. The minimum atomic E-state index is -0.0628. The summed E-state index contributed by atoms with van der Waals surface area (Å²) in [6.45, 7) is 1.27. The van der Waals surface area contributed by atoms with Crippen molar-refractivity contribution in [1.29, 1.82) is 0 Å². The topological polar surface area (TPSA) is 18.5 Å². The Hall–Kier alpha value is -2.42. The summed E-state index contributed by atoms with van der Waals surface area (Å²) in [5.74, 6) is 0. The van der Waals surface area contributed by atoms with Gasteiger partial charge in [0.2, 0.25) is 0 Å². The molecule has 0 aromatic heterocycles.